The molecule has 0 radical (unpaired) electrons. The molecule has 19 heavy (non-hydrogen) atoms. The Morgan fingerprint density at radius 3 is 2.74 bits per heavy atom. The fourth-order valence-corrected chi connectivity index (χ4v) is 2.79. The number of pyridine rings is 1. The van der Waals surface area contributed by atoms with Crippen LogP contribution < -0.4 is 10.2 Å². The SMILES string of the molecule is CCN(Cc1cccs1)c1ccc(CNC)c(C)n1. The van der Waals surface area contributed by atoms with Gasteiger partial charge in [-0.25, -0.2) is 4.98 Å². The van der Waals surface area contributed by atoms with Crippen LogP contribution in [0.25, 0.3) is 0 Å². The lowest BCUT2D eigenvalue weighted by Gasteiger charge is -2.22. The zero-order valence-electron chi connectivity index (χ0n) is 11.8. The fraction of sp³-hybridized carbons (Fsp3) is 0.400. The van der Waals surface area contributed by atoms with E-state index in [0.717, 1.165) is 31.1 Å². The largest absolute Gasteiger partial charge is 0.352 e. The summed E-state index contributed by atoms with van der Waals surface area (Å²) in [5, 5.41) is 5.29. The first kappa shape index (κ1) is 14.0. The lowest BCUT2D eigenvalue weighted by atomic mass is 10.2. The van der Waals surface area contributed by atoms with Crippen LogP contribution in [-0.2, 0) is 13.1 Å². The molecule has 0 saturated heterocycles. The molecule has 0 aliphatic carbocycles. The van der Waals surface area contributed by atoms with E-state index < -0.39 is 0 Å². The molecule has 1 N–H and O–H groups in total. The molecule has 3 nitrogen and oxygen atoms in total. The average Bonchev–Trinajstić information content (AvgIpc) is 2.91. The zero-order chi connectivity index (χ0) is 13.7. The number of anilines is 1. The molecule has 0 amide bonds. The van der Waals surface area contributed by atoms with Crippen molar-refractivity contribution in [3.05, 3.63) is 45.8 Å². The van der Waals surface area contributed by atoms with Crippen LogP contribution in [0.2, 0.25) is 0 Å². The Labute approximate surface area is 119 Å². The number of aromatic nitrogens is 1. The van der Waals surface area contributed by atoms with Crippen LogP contribution in [0.1, 0.15) is 23.1 Å². The quantitative estimate of drug-likeness (QED) is 0.877. The van der Waals surface area contributed by atoms with Crippen LogP contribution in [0.15, 0.2) is 29.6 Å². The lowest BCUT2D eigenvalue weighted by Crippen LogP contribution is -2.23. The Hall–Kier alpha value is -1.39. The highest BCUT2D eigenvalue weighted by Crippen LogP contribution is 2.19. The monoisotopic (exact) mass is 275 g/mol. The first-order valence-electron chi connectivity index (χ1n) is 6.63. The number of aryl methyl sites for hydroxylation is 1. The van der Waals surface area contributed by atoms with Gasteiger partial charge < -0.3 is 10.2 Å². The van der Waals surface area contributed by atoms with Gasteiger partial charge in [-0.1, -0.05) is 12.1 Å². The van der Waals surface area contributed by atoms with Crippen LogP contribution in [0, 0.1) is 6.92 Å². The summed E-state index contributed by atoms with van der Waals surface area (Å²) in [6.07, 6.45) is 0. The molecule has 0 aromatic carbocycles. The summed E-state index contributed by atoms with van der Waals surface area (Å²) in [6.45, 7) is 7.03. The first-order valence-corrected chi connectivity index (χ1v) is 7.51. The van der Waals surface area contributed by atoms with Crippen molar-refractivity contribution in [2.75, 3.05) is 18.5 Å². The highest BCUT2D eigenvalue weighted by atomic mass is 32.1. The second-order valence-electron chi connectivity index (χ2n) is 4.54. The van der Waals surface area contributed by atoms with Crippen LogP contribution in [-0.4, -0.2) is 18.6 Å². The molecule has 0 spiro atoms. The van der Waals surface area contributed by atoms with E-state index in [1.165, 1.54) is 10.4 Å². The van der Waals surface area contributed by atoms with E-state index in [-0.39, 0.29) is 0 Å². The van der Waals surface area contributed by atoms with Crippen molar-refractivity contribution in [2.45, 2.75) is 26.9 Å². The van der Waals surface area contributed by atoms with Crippen LogP contribution in [0.5, 0.6) is 0 Å². The predicted octanol–water partition coefficient (Wildman–Crippen LogP) is 3.20. The number of nitrogens with zero attached hydrogens (tertiary/aromatic N) is 2. The summed E-state index contributed by atoms with van der Waals surface area (Å²) >= 11 is 1.80. The summed E-state index contributed by atoms with van der Waals surface area (Å²) in [5.74, 6) is 1.06. The van der Waals surface area contributed by atoms with Gasteiger partial charge in [-0.2, -0.15) is 0 Å². The molecule has 0 aliphatic rings. The van der Waals surface area contributed by atoms with Gasteiger partial charge in [0.25, 0.3) is 0 Å². The lowest BCUT2D eigenvalue weighted by molar-refractivity contribution is 0.789. The fourth-order valence-electron chi connectivity index (χ4n) is 2.08. The smallest absolute Gasteiger partial charge is 0.129 e. The van der Waals surface area contributed by atoms with Crippen LogP contribution in [0.3, 0.4) is 0 Å². The van der Waals surface area contributed by atoms with Gasteiger partial charge in [0.05, 0.1) is 6.54 Å². The van der Waals surface area contributed by atoms with Crippen molar-refractivity contribution in [1.29, 1.82) is 0 Å². The summed E-state index contributed by atoms with van der Waals surface area (Å²) in [6, 6.07) is 8.57. The highest BCUT2D eigenvalue weighted by Gasteiger charge is 2.09. The van der Waals surface area contributed by atoms with Crippen molar-refractivity contribution in [2.24, 2.45) is 0 Å². The van der Waals surface area contributed by atoms with E-state index in [4.69, 9.17) is 4.98 Å². The number of nitrogens with one attached hydrogen (secondary N) is 1. The molecular weight excluding hydrogens is 254 g/mol. The van der Waals surface area contributed by atoms with Gasteiger partial charge in [0.2, 0.25) is 0 Å². The van der Waals surface area contributed by atoms with Crippen molar-refractivity contribution in [3.63, 3.8) is 0 Å². The summed E-state index contributed by atoms with van der Waals surface area (Å²) in [5.41, 5.74) is 2.37. The van der Waals surface area contributed by atoms with Crippen molar-refractivity contribution in [1.82, 2.24) is 10.3 Å². The molecule has 0 unspecified atom stereocenters. The molecule has 0 atom stereocenters. The molecule has 2 rings (SSSR count). The average molecular weight is 275 g/mol. The molecule has 102 valence electrons. The number of hydrogen-bond acceptors (Lipinski definition) is 4. The third kappa shape index (κ3) is 3.55. The molecule has 4 heteroatoms. The summed E-state index contributed by atoms with van der Waals surface area (Å²) in [4.78, 5) is 8.42. The summed E-state index contributed by atoms with van der Waals surface area (Å²) < 4.78 is 0. The Kier molecular flexibility index (Phi) is 4.93. The predicted molar refractivity (Wildman–Crippen MR) is 82.8 cm³/mol. The van der Waals surface area contributed by atoms with Gasteiger partial charge in [-0.15, -0.1) is 11.3 Å². The van der Waals surface area contributed by atoms with Gasteiger partial charge in [0, 0.05) is 23.7 Å². The molecular formula is C15H21N3S. The zero-order valence-corrected chi connectivity index (χ0v) is 12.6. The van der Waals surface area contributed by atoms with E-state index in [2.05, 4.69) is 53.7 Å². The second-order valence-corrected chi connectivity index (χ2v) is 5.57. The second kappa shape index (κ2) is 6.68. The van der Waals surface area contributed by atoms with Crippen molar-refractivity contribution < 1.29 is 0 Å². The Morgan fingerprint density at radius 2 is 2.16 bits per heavy atom. The van der Waals surface area contributed by atoms with E-state index in [1.807, 2.05) is 7.05 Å². The maximum Gasteiger partial charge on any atom is 0.129 e. The maximum absolute atomic E-state index is 4.73. The minimum absolute atomic E-state index is 0.871. The van der Waals surface area contributed by atoms with E-state index in [9.17, 15) is 0 Å². The van der Waals surface area contributed by atoms with E-state index in [1.54, 1.807) is 11.3 Å². The molecule has 2 aromatic rings. The molecule has 0 fully saturated rings. The van der Waals surface area contributed by atoms with E-state index >= 15 is 0 Å². The standard InChI is InChI=1S/C15H21N3S/c1-4-18(11-14-6-5-9-19-14)15-8-7-13(10-16-3)12(2)17-15/h5-9,16H,4,10-11H2,1-3H3. The third-order valence-corrected chi connectivity index (χ3v) is 4.04. The Bertz CT molecular complexity index is 508. The number of rotatable bonds is 6. The molecule has 2 heterocycles. The van der Waals surface area contributed by atoms with Crippen LogP contribution >= 0.6 is 11.3 Å². The summed E-state index contributed by atoms with van der Waals surface area (Å²) in [7, 11) is 1.96. The van der Waals surface area contributed by atoms with Gasteiger partial charge >= 0.3 is 0 Å². The number of hydrogen-bond donors (Lipinski definition) is 1. The highest BCUT2D eigenvalue weighted by molar-refractivity contribution is 7.09. The third-order valence-electron chi connectivity index (χ3n) is 3.18. The van der Waals surface area contributed by atoms with E-state index in [0.29, 0.717) is 0 Å². The molecule has 0 bridgehead atoms. The van der Waals surface area contributed by atoms with Crippen LogP contribution in [0.4, 0.5) is 5.82 Å². The van der Waals surface area contributed by atoms with Gasteiger partial charge in [0.1, 0.15) is 5.82 Å². The van der Waals surface area contributed by atoms with Crippen molar-refractivity contribution >= 4 is 17.2 Å². The normalized spacial score (nSPS) is 10.7. The number of thiophene rings is 1. The van der Waals surface area contributed by atoms with Gasteiger partial charge in [0.15, 0.2) is 0 Å². The molecule has 2 aromatic heterocycles. The minimum atomic E-state index is 0.871. The molecule has 0 saturated carbocycles. The van der Waals surface area contributed by atoms with Gasteiger partial charge in [-0.3, -0.25) is 0 Å². The van der Waals surface area contributed by atoms with Crippen molar-refractivity contribution in [3.8, 4) is 0 Å². The minimum Gasteiger partial charge on any atom is -0.352 e. The Morgan fingerprint density at radius 1 is 1.32 bits per heavy atom. The van der Waals surface area contributed by atoms with Gasteiger partial charge in [-0.05, 0) is 44.0 Å². The first-order chi connectivity index (χ1) is 9.24. The maximum atomic E-state index is 4.73. The Balaban J connectivity index is 2.16. The molecule has 0 aliphatic heterocycles. The topological polar surface area (TPSA) is 28.2 Å².